The molecule has 4 heteroatoms. The minimum Gasteiger partial charge on any atom is -0.349 e. The third-order valence-electron chi connectivity index (χ3n) is 3.29. The average Bonchev–Trinajstić information content (AvgIpc) is 2.28. The number of nitrogens with zero attached hydrogens (tertiary/aromatic N) is 3. The lowest BCUT2D eigenvalue weighted by atomic mass is 9.82. The van der Waals surface area contributed by atoms with Crippen LogP contribution in [0.4, 0.5) is 0 Å². The minimum absolute atomic E-state index is 0. The summed E-state index contributed by atoms with van der Waals surface area (Å²) >= 11 is 0. The van der Waals surface area contributed by atoms with E-state index < -0.39 is 0 Å². The lowest BCUT2D eigenvalue weighted by Crippen LogP contribution is -2.37. The topological polar surface area (TPSA) is 18.8 Å². The predicted octanol–water partition coefficient (Wildman–Crippen LogP) is 3.37. The fourth-order valence-electron chi connectivity index (χ4n) is 2.37. The second kappa shape index (κ2) is 7.86. The summed E-state index contributed by atoms with van der Waals surface area (Å²) in [5, 5.41) is 0. The van der Waals surface area contributed by atoms with Crippen LogP contribution in [0.5, 0.6) is 0 Å². The van der Waals surface area contributed by atoms with Crippen molar-refractivity contribution in [2.45, 2.75) is 26.2 Å². The molecule has 0 aliphatic carbocycles. The molecule has 0 atom stereocenters. The summed E-state index contributed by atoms with van der Waals surface area (Å²) in [6.07, 6.45) is 0. The summed E-state index contributed by atoms with van der Waals surface area (Å²) in [6.45, 7) is 7.45. The molecule has 0 aliphatic rings. The Balaban J connectivity index is 0.00000361. The van der Waals surface area contributed by atoms with E-state index in [-0.39, 0.29) is 29.4 Å². The fraction of sp³-hybridized carbons (Fsp3) is 0.562. The first-order valence-corrected chi connectivity index (χ1v) is 6.71. The van der Waals surface area contributed by atoms with Crippen molar-refractivity contribution in [1.29, 1.82) is 0 Å². The molecule has 1 aromatic carbocycles. The maximum Gasteiger partial charge on any atom is 0.195 e. The highest BCUT2D eigenvalue weighted by atomic mass is 127. The summed E-state index contributed by atoms with van der Waals surface area (Å²) in [4.78, 5) is 8.88. The smallest absolute Gasteiger partial charge is 0.195 e. The first-order chi connectivity index (χ1) is 8.75. The molecule has 0 unspecified atom stereocenters. The van der Waals surface area contributed by atoms with Gasteiger partial charge in [0.2, 0.25) is 0 Å². The van der Waals surface area contributed by atoms with Crippen LogP contribution in [0.15, 0.2) is 29.3 Å². The Hall–Kier alpha value is -0.780. The van der Waals surface area contributed by atoms with Gasteiger partial charge in [-0.1, -0.05) is 38.1 Å². The number of aliphatic imine (C=N–C) groups is 1. The number of hydrogen-bond donors (Lipinski definition) is 0. The van der Waals surface area contributed by atoms with Crippen LogP contribution < -0.4 is 0 Å². The van der Waals surface area contributed by atoms with Crippen molar-refractivity contribution >= 4 is 29.9 Å². The molecule has 0 bridgehead atoms. The lowest BCUT2D eigenvalue weighted by Gasteiger charge is -2.28. The predicted molar refractivity (Wildman–Crippen MR) is 99.3 cm³/mol. The molecule has 0 amide bonds. The Bertz CT molecular complexity index is 441. The molecule has 0 saturated heterocycles. The zero-order chi connectivity index (χ0) is 14.6. The molecule has 1 rings (SSSR count). The van der Waals surface area contributed by atoms with Crippen molar-refractivity contribution in [1.82, 2.24) is 9.80 Å². The lowest BCUT2D eigenvalue weighted by molar-refractivity contribution is 0.464. The first-order valence-electron chi connectivity index (χ1n) is 6.71. The van der Waals surface area contributed by atoms with Crippen molar-refractivity contribution in [2.24, 2.45) is 4.99 Å². The summed E-state index contributed by atoms with van der Waals surface area (Å²) in [5.41, 5.74) is 2.75. The average molecular weight is 389 g/mol. The van der Waals surface area contributed by atoms with Gasteiger partial charge in [0.05, 0.1) is 6.54 Å². The molecule has 0 fully saturated rings. The van der Waals surface area contributed by atoms with Gasteiger partial charge >= 0.3 is 0 Å². The standard InChI is InChI=1S/C16H27N3.HI/c1-13-10-8-9-11-14(13)16(2,3)12-17-15(18(4)5)19(6)7;/h8-11H,12H2,1-7H3;1H. The SMILES string of the molecule is Cc1ccccc1C(C)(C)CN=C(N(C)C)N(C)C.I. The number of halogens is 1. The zero-order valence-corrected chi connectivity index (χ0v) is 16.1. The van der Waals surface area contributed by atoms with Crippen molar-refractivity contribution in [3.05, 3.63) is 35.4 Å². The highest BCUT2D eigenvalue weighted by Gasteiger charge is 2.22. The van der Waals surface area contributed by atoms with Crippen molar-refractivity contribution in [3.8, 4) is 0 Å². The molecule has 0 aliphatic heterocycles. The van der Waals surface area contributed by atoms with Crippen LogP contribution in [0.3, 0.4) is 0 Å². The van der Waals surface area contributed by atoms with Gasteiger partial charge in [-0.3, -0.25) is 4.99 Å². The third-order valence-corrected chi connectivity index (χ3v) is 3.29. The van der Waals surface area contributed by atoms with Crippen molar-refractivity contribution in [2.75, 3.05) is 34.7 Å². The van der Waals surface area contributed by atoms with E-state index in [0.29, 0.717) is 0 Å². The molecule has 0 heterocycles. The van der Waals surface area contributed by atoms with Crippen LogP contribution in [-0.4, -0.2) is 50.5 Å². The third kappa shape index (κ3) is 4.96. The molecule has 0 radical (unpaired) electrons. The van der Waals surface area contributed by atoms with Crippen LogP contribution in [0, 0.1) is 6.92 Å². The van der Waals surface area contributed by atoms with E-state index in [0.717, 1.165) is 12.5 Å². The molecule has 1 aromatic rings. The number of rotatable bonds is 3. The molecule has 0 saturated carbocycles. The molecule has 114 valence electrons. The Morgan fingerprint density at radius 3 is 2.00 bits per heavy atom. The molecular formula is C16H28IN3. The van der Waals surface area contributed by atoms with Crippen LogP contribution in [0.2, 0.25) is 0 Å². The summed E-state index contributed by atoms with van der Waals surface area (Å²) in [5.74, 6) is 1.00. The largest absolute Gasteiger partial charge is 0.349 e. The Morgan fingerprint density at radius 2 is 1.55 bits per heavy atom. The van der Waals surface area contributed by atoms with Gasteiger partial charge in [-0.25, -0.2) is 0 Å². The van der Waals surface area contributed by atoms with Gasteiger partial charge in [-0.15, -0.1) is 24.0 Å². The normalized spacial score (nSPS) is 10.6. The number of aryl methyl sites for hydroxylation is 1. The molecule has 20 heavy (non-hydrogen) atoms. The van der Waals surface area contributed by atoms with Gasteiger partial charge in [0.25, 0.3) is 0 Å². The number of benzene rings is 1. The molecule has 3 nitrogen and oxygen atoms in total. The molecule has 0 spiro atoms. The van der Waals surface area contributed by atoms with Crippen molar-refractivity contribution in [3.63, 3.8) is 0 Å². The fourth-order valence-corrected chi connectivity index (χ4v) is 2.37. The van der Waals surface area contributed by atoms with Gasteiger partial charge in [0.15, 0.2) is 5.96 Å². The van der Waals surface area contributed by atoms with Crippen LogP contribution in [0.1, 0.15) is 25.0 Å². The summed E-state index contributed by atoms with van der Waals surface area (Å²) < 4.78 is 0. The van der Waals surface area contributed by atoms with E-state index in [1.807, 2.05) is 38.0 Å². The number of hydrogen-bond acceptors (Lipinski definition) is 1. The van der Waals surface area contributed by atoms with E-state index in [1.54, 1.807) is 0 Å². The van der Waals surface area contributed by atoms with Crippen LogP contribution in [0.25, 0.3) is 0 Å². The van der Waals surface area contributed by atoms with Crippen LogP contribution >= 0.6 is 24.0 Å². The highest BCUT2D eigenvalue weighted by Crippen LogP contribution is 2.26. The molecule has 0 N–H and O–H groups in total. The molecule has 0 aromatic heterocycles. The van der Waals surface area contributed by atoms with Crippen molar-refractivity contribution < 1.29 is 0 Å². The van der Waals surface area contributed by atoms with E-state index >= 15 is 0 Å². The Morgan fingerprint density at radius 1 is 1.05 bits per heavy atom. The van der Waals surface area contributed by atoms with Gasteiger partial charge in [-0.05, 0) is 18.1 Å². The van der Waals surface area contributed by atoms with E-state index in [1.165, 1.54) is 11.1 Å². The van der Waals surface area contributed by atoms with Gasteiger partial charge in [0.1, 0.15) is 0 Å². The van der Waals surface area contributed by atoms with E-state index in [4.69, 9.17) is 4.99 Å². The Kier molecular flexibility index (Phi) is 7.55. The zero-order valence-electron chi connectivity index (χ0n) is 13.8. The van der Waals surface area contributed by atoms with E-state index in [9.17, 15) is 0 Å². The first kappa shape index (κ1) is 19.2. The van der Waals surface area contributed by atoms with Crippen LogP contribution in [-0.2, 0) is 5.41 Å². The van der Waals surface area contributed by atoms with E-state index in [2.05, 4.69) is 45.0 Å². The monoisotopic (exact) mass is 389 g/mol. The van der Waals surface area contributed by atoms with Gasteiger partial charge in [0, 0.05) is 33.6 Å². The van der Waals surface area contributed by atoms with Gasteiger partial charge in [-0.2, -0.15) is 0 Å². The second-order valence-corrected chi connectivity index (χ2v) is 6.10. The molecular weight excluding hydrogens is 361 g/mol. The summed E-state index contributed by atoms with van der Waals surface area (Å²) in [7, 11) is 8.11. The summed E-state index contributed by atoms with van der Waals surface area (Å²) in [6, 6.07) is 8.56. The number of guanidine groups is 1. The Labute approximate surface area is 141 Å². The quantitative estimate of drug-likeness (QED) is 0.449. The second-order valence-electron chi connectivity index (χ2n) is 6.10. The maximum atomic E-state index is 4.78. The minimum atomic E-state index is 0. The van der Waals surface area contributed by atoms with Gasteiger partial charge < -0.3 is 9.80 Å². The maximum absolute atomic E-state index is 4.78. The highest BCUT2D eigenvalue weighted by molar-refractivity contribution is 14.0.